The van der Waals surface area contributed by atoms with Crippen molar-refractivity contribution in [3.05, 3.63) is 62.5 Å². The van der Waals surface area contributed by atoms with Crippen LogP contribution >= 0.6 is 22.6 Å². The van der Waals surface area contributed by atoms with Crippen molar-refractivity contribution in [3.63, 3.8) is 0 Å². The average Bonchev–Trinajstić information content (AvgIpc) is 2.90. The van der Waals surface area contributed by atoms with Crippen molar-refractivity contribution in [1.29, 1.82) is 0 Å². The molecule has 0 radical (unpaired) electrons. The Balaban J connectivity index is 1.83. The molecule has 8 nitrogen and oxygen atoms in total. The number of Topliss-reactive ketones (excluding diaryl/α,β-unsaturated/α-hetero) is 1. The number of rotatable bonds is 12. The Morgan fingerprint density at radius 2 is 1.71 bits per heavy atom. The smallest absolute Gasteiger partial charge is 0.305 e. The van der Waals surface area contributed by atoms with Gasteiger partial charge in [0, 0.05) is 21.8 Å². The molecule has 1 heterocycles. The quantitative estimate of drug-likeness (QED) is 0.169. The molecule has 2 aromatic carbocycles. The van der Waals surface area contributed by atoms with E-state index in [-0.39, 0.29) is 18.2 Å². The highest BCUT2D eigenvalue weighted by Crippen LogP contribution is 2.36. The second kappa shape index (κ2) is 13.9. The van der Waals surface area contributed by atoms with Crippen LogP contribution in [0.3, 0.4) is 0 Å². The van der Waals surface area contributed by atoms with Crippen LogP contribution < -0.4 is 15.4 Å². The Bertz CT molecular complexity index is 1280. The summed E-state index contributed by atoms with van der Waals surface area (Å²) in [5.74, 6) is -13.3. The molecule has 0 aromatic heterocycles. The molecule has 1 amide bonds. The molecule has 0 aliphatic carbocycles. The van der Waals surface area contributed by atoms with Gasteiger partial charge < -0.3 is 19.9 Å². The average molecular weight is 698 g/mol. The maximum absolute atomic E-state index is 15.1. The summed E-state index contributed by atoms with van der Waals surface area (Å²) in [4.78, 5) is 37.7. The highest BCUT2D eigenvalue weighted by atomic mass is 127. The molecule has 2 aromatic rings. The third kappa shape index (κ3) is 7.92. The molecular weight excluding hydrogens is 670 g/mol. The molecule has 14 heteroatoms. The number of carboxylic acids is 1. The maximum atomic E-state index is 15.1. The van der Waals surface area contributed by atoms with E-state index in [1.165, 1.54) is 6.07 Å². The van der Waals surface area contributed by atoms with E-state index in [9.17, 15) is 37.1 Å². The van der Waals surface area contributed by atoms with Crippen LogP contribution in [-0.4, -0.2) is 48.1 Å². The largest absolute Gasteiger partial charge is 0.481 e. The number of ether oxygens (including phenoxy) is 2. The van der Waals surface area contributed by atoms with Crippen molar-refractivity contribution in [2.75, 3.05) is 13.2 Å². The highest BCUT2D eigenvalue weighted by molar-refractivity contribution is 14.1. The van der Waals surface area contributed by atoms with Gasteiger partial charge in [-0.25, -0.2) is 13.2 Å². The van der Waals surface area contributed by atoms with Crippen molar-refractivity contribution < 1.29 is 50.9 Å². The summed E-state index contributed by atoms with van der Waals surface area (Å²) in [6.45, 7) is 2.39. The molecule has 0 spiro atoms. The molecule has 0 bridgehead atoms. The Hall–Kier alpha value is -2.85. The minimum Gasteiger partial charge on any atom is -0.481 e. The number of carbonyl (C=O) groups excluding carboxylic acids is 2. The minimum atomic E-state index is -1.89. The van der Waals surface area contributed by atoms with Crippen molar-refractivity contribution in [3.8, 4) is 5.75 Å². The first-order valence-electron chi connectivity index (χ1n) is 12.6. The van der Waals surface area contributed by atoms with Gasteiger partial charge in [0.1, 0.15) is 24.2 Å². The lowest BCUT2D eigenvalue weighted by Gasteiger charge is -2.42. The van der Waals surface area contributed by atoms with Gasteiger partial charge in [0.2, 0.25) is 17.5 Å². The van der Waals surface area contributed by atoms with Gasteiger partial charge in [-0.1, -0.05) is 19.9 Å². The number of benzene rings is 2. The van der Waals surface area contributed by atoms with Crippen LogP contribution in [0.25, 0.3) is 0 Å². The number of amides is 1. The molecule has 41 heavy (non-hydrogen) atoms. The third-order valence-electron chi connectivity index (χ3n) is 6.49. The summed E-state index contributed by atoms with van der Waals surface area (Å²) in [5, 5.41) is 14.7. The number of hydrogen-bond acceptors (Lipinski definition) is 6. The van der Waals surface area contributed by atoms with E-state index in [0.29, 0.717) is 22.8 Å². The fourth-order valence-corrected chi connectivity index (χ4v) is 4.86. The standard InChI is InChI=1S/C27H28F5IN2O6/c1-13(2)24(35-27(7-3-4-8-41-27)15-6-5-14(33)9-16(15)28)26(39)34-19(11-21(37)38)20(36)12-40-25-22(31)17(29)10-18(30)23(25)32/h5-6,9-10,13,19,24,35H,3-4,7-8,11-12H2,1-2H3,(H,34,39)(H,37,38)/t19-,24-,27?/m0/s1. The van der Waals surface area contributed by atoms with Gasteiger partial charge in [0.05, 0.1) is 12.5 Å². The number of aliphatic carboxylic acids is 1. The van der Waals surface area contributed by atoms with Gasteiger partial charge in [0.25, 0.3) is 0 Å². The Labute approximate surface area is 246 Å². The fraction of sp³-hybridized carbons (Fsp3) is 0.444. The summed E-state index contributed by atoms with van der Waals surface area (Å²) in [6, 6.07) is 1.64. The van der Waals surface area contributed by atoms with Crippen LogP contribution in [0.2, 0.25) is 0 Å². The normalized spacial score (nSPS) is 18.6. The molecule has 1 fully saturated rings. The number of hydrogen-bond donors (Lipinski definition) is 3. The molecule has 1 aliphatic heterocycles. The first kappa shape index (κ1) is 32.7. The SMILES string of the molecule is CC(C)[C@H](NC1(c2ccc(I)cc2F)CCCCO1)C(=O)N[C@@H](CC(=O)O)C(=O)COc1c(F)c(F)cc(F)c1F. The van der Waals surface area contributed by atoms with E-state index >= 15 is 4.39 Å². The Kier molecular flexibility index (Phi) is 11.1. The molecule has 3 N–H and O–H groups in total. The lowest BCUT2D eigenvalue weighted by molar-refractivity contribution is -0.143. The zero-order valence-electron chi connectivity index (χ0n) is 22.0. The van der Waals surface area contributed by atoms with Crippen molar-refractivity contribution >= 4 is 40.3 Å². The monoisotopic (exact) mass is 698 g/mol. The lowest BCUT2D eigenvalue weighted by atomic mass is 9.90. The number of ketones is 1. The van der Waals surface area contributed by atoms with Crippen molar-refractivity contribution in [2.24, 2.45) is 5.92 Å². The van der Waals surface area contributed by atoms with Crippen LogP contribution in [0.15, 0.2) is 24.3 Å². The number of carboxylic acid groups (broad SMARTS) is 1. The van der Waals surface area contributed by atoms with Gasteiger partial charge in [-0.3, -0.25) is 19.7 Å². The molecule has 1 saturated heterocycles. The van der Waals surface area contributed by atoms with E-state index in [1.807, 2.05) is 22.6 Å². The first-order valence-corrected chi connectivity index (χ1v) is 13.7. The molecule has 1 unspecified atom stereocenters. The second-order valence-electron chi connectivity index (χ2n) is 9.83. The summed E-state index contributed by atoms with van der Waals surface area (Å²) < 4.78 is 81.2. The van der Waals surface area contributed by atoms with Gasteiger partial charge in [-0.2, -0.15) is 8.78 Å². The molecular formula is C27H28F5IN2O6. The van der Waals surface area contributed by atoms with Crippen molar-refractivity contribution in [2.45, 2.75) is 57.3 Å². The van der Waals surface area contributed by atoms with E-state index in [4.69, 9.17) is 4.74 Å². The topological polar surface area (TPSA) is 114 Å². The van der Waals surface area contributed by atoms with Crippen LogP contribution in [-0.2, 0) is 24.8 Å². The van der Waals surface area contributed by atoms with Crippen molar-refractivity contribution in [1.82, 2.24) is 10.6 Å². The van der Waals surface area contributed by atoms with Crippen LogP contribution in [0.4, 0.5) is 22.0 Å². The Morgan fingerprint density at radius 3 is 2.24 bits per heavy atom. The number of halogens is 6. The van der Waals surface area contributed by atoms with Crippen LogP contribution in [0.5, 0.6) is 5.75 Å². The lowest BCUT2D eigenvalue weighted by Crippen LogP contribution is -2.60. The zero-order valence-corrected chi connectivity index (χ0v) is 24.2. The van der Waals surface area contributed by atoms with Gasteiger partial charge in [0.15, 0.2) is 23.2 Å². The molecule has 3 atom stereocenters. The fourth-order valence-electron chi connectivity index (χ4n) is 4.41. The van der Waals surface area contributed by atoms with Crippen LogP contribution in [0, 0.1) is 38.6 Å². The molecule has 3 rings (SSSR count). The van der Waals surface area contributed by atoms with Gasteiger partial charge in [-0.05, 0) is 59.9 Å². The molecule has 0 saturated carbocycles. The minimum absolute atomic E-state index is 0.0449. The molecule has 1 aliphatic rings. The maximum Gasteiger partial charge on any atom is 0.305 e. The van der Waals surface area contributed by atoms with E-state index in [2.05, 4.69) is 15.4 Å². The van der Waals surface area contributed by atoms with E-state index in [0.717, 1.165) is 0 Å². The summed E-state index contributed by atoms with van der Waals surface area (Å²) in [7, 11) is 0. The highest BCUT2D eigenvalue weighted by Gasteiger charge is 2.42. The van der Waals surface area contributed by atoms with E-state index in [1.54, 1.807) is 26.0 Å². The molecule has 224 valence electrons. The predicted octanol–water partition coefficient (Wildman–Crippen LogP) is 4.56. The Morgan fingerprint density at radius 1 is 1.05 bits per heavy atom. The summed E-state index contributed by atoms with van der Waals surface area (Å²) in [5.41, 5.74) is -1.22. The van der Waals surface area contributed by atoms with Gasteiger partial charge >= 0.3 is 5.97 Å². The first-order chi connectivity index (χ1) is 19.3. The third-order valence-corrected chi connectivity index (χ3v) is 7.16. The predicted molar refractivity (Wildman–Crippen MR) is 143 cm³/mol. The summed E-state index contributed by atoms with van der Waals surface area (Å²) in [6.07, 6.45) is 0.734. The van der Waals surface area contributed by atoms with Crippen LogP contribution in [0.1, 0.15) is 45.1 Å². The zero-order chi connectivity index (χ0) is 30.5. The number of nitrogens with one attached hydrogen (secondary N) is 2. The second-order valence-corrected chi connectivity index (χ2v) is 11.1. The van der Waals surface area contributed by atoms with Gasteiger partial charge in [-0.15, -0.1) is 0 Å². The van der Waals surface area contributed by atoms with E-state index < -0.39 is 89.2 Å². The number of carbonyl (C=O) groups is 3. The summed E-state index contributed by atoms with van der Waals surface area (Å²) >= 11 is 1.96.